The third-order valence-electron chi connectivity index (χ3n) is 6.52. The summed E-state index contributed by atoms with van der Waals surface area (Å²) in [5, 5.41) is 12.7. The average molecular weight is 449 g/mol. The zero-order valence-corrected chi connectivity index (χ0v) is 18.6. The molecule has 1 aliphatic rings. The molecule has 0 bridgehead atoms. The lowest BCUT2D eigenvalue weighted by molar-refractivity contribution is 0.0792. The molecule has 3 aromatic heterocycles. The van der Waals surface area contributed by atoms with Crippen molar-refractivity contribution < 1.29 is 4.79 Å². The Balaban J connectivity index is 1.18. The Kier molecular flexibility index (Phi) is 5.14. The van der Waals surface area contributed by atoms with Gasteiger partial charge in [0.1, 0.15) is 0 Å². The van der Waals surface area contributed by atoms with Gasteiger partial charge in [-0.2, -0.15) is 5.10 Å². The number of aromatic amines is 1. The fourth-order valence-electron chi connectivity index (χ4n) is 4.71. The van der Waals surface area contributed by atoms with E-state index in [1.54, 1.807) is 6.20 Å². The number of nitrogens with zero attached hydrogens (tertiary/aromatic N) is 4. The number of H-pyrrole nitrogens is 1. The number of carbonyl (C=O) groups is 1. The molecule has 2 N–H and O–H groups in total. The van der Waals surface area contributed by atoms with Gasteiger partial charge in [-0.25, -0.2) is 4.98 Å². The van der Waals surface area contributed by atoms with Gasteiger partial charge in [-0.15, -0.1) is 0 Å². The van der Waals surface area contributed by atoms with Crippen molar-refractivity contribution in [3.05, 3.63) is 95.8 Å². The first-order chi connectivity index (χ1) is 16.8. The summed E-state index contributed by atoms with van der Waals surface area (Å²) in [7, 11) is 0. The molecule has 1 amide bonds. The van der Waals surface area contributed by atoms with Crippen molar-refractivity contribution in [2.45, 2.75) is 18.9 Å². The number of fused-ring (bicyclic) bond motifs is 2. The van der Waals surface area contributed by atoms with E-state index >= 15 is 0 Å². The second-order valence-corrected chi connectivity index (χ2v) is 8.66. The number of nitrogens with one attached hydrogen (secondary N) is 2. The van der Waals surface area contributed by atoms with Crippen molar-refractivity contribution in [2.75, 3.05) is 18.4 Å². The summed E-state index contributed by atoms with van der Waals surface area (Å²) in [4.78, 5) is 24.4. The molecule has 1 fully saturated rings. The maximum atomic E-state index is 13.3. The summed E-state index contributed by atoms with van der Waals surface area (Å²) in [5.74, 6) is 1.05. The highest BCUT2D eigenvalue weighted by atomic mass is 16.2. The molecule has 7 heteroatoms. The second-order valence-electron chi connectivity index (χ2n) is 8.66. The minimum atomic E-state index is 0.0520. The smallest absolute Gasteiger partial charge is 0.254 e. The highest BCUT2D eigenvalue weighted by molar-refractivity contribution is 6.06. The van der Waals surface area contributed by atoms with Crippen LogP contribution >= 0.6 is 0 Å². The molecule has 1 saturated heterocycles. The molecular formula is C27H24N6O. The van der Waals surface area contributed by atoms with E-state index in [0.29, 0.717) is 25.2 Å². The summed E-state index contributed by atoms with van der Waals surface area (Å²) in [6, 6.07) is 23.9. The molecule has 0 saturated carbocycles. The van der Waals surface area contributed by atoms with Crippen molar-refractivity contribution in [1.29, 1.82) is 0 Å². The number of rotatable bonds is 5. The maximum absolute atomic E-state index is 13.3. The quantitative estimate of drug-likeness (QED) is 0.405. The van der Waals surface area contributed by atoms with Gasteiger partial charge in [-0.3, -0.25) is 14.9 Å². The van der Waals surface area contributed by atoms with Gasteiger partial charge < -0.3 is 10.2 Å². The minimum Gasteiger partial charge on any atom is -0.364 e. The SMILES string of the molecule is O=C(c1cccc2ncccc12)N1CC[C@@H](c2ccc3c(NCc4ccccc4)n[nH]c3n2)C1. The Bertz CT molecular complexity index is 1470. The van der Waals surface area contributed by atoms with Crippen molar-refractivity contribution in [3.63, 3.8) is 0 Å². The van der Waals surface area contributed by atoms with E-state index in [1.807, 2.05) is 53.4 Å². The molecule has 6 rings (SSSR count). The van der Waals surface area contributed by atoms with E-state index in [9.17, 15) is 4.79 Å². The van der Waals surface area contributed by atoms with Crippen LogP contribution in [-0.4, -0.2) is 44.1 Å². The van der Waals surface area contributed by atoms with Crippen LogP contribution in [0.25, 0.3) is 21.9 Å². The van der Waals surface area contributed by atoms with E-state index in [-0.39, 0.29) is 11.8 Å². The topological polar surface area (TPSA) is 86.8 Å². The molecule has 168 valence electrons. The standard InChI is InChI=1S/C27H24N6O/c34-27(21-8-4-10-24-20(21)9-5-14-28-24)33-15-13-19(17-33)23-12-11-22-25(31-32-26(22)30-23)29-16-18-6-2-1-3-7-18/h1-12,14,19H,13,15-17H2,(H2,29,30,31,32)/t19-/m1/s1. The van der Waals surface area contributed by atoms with Crippen LogP contribution in [0.1, 0.15) is 34.0 Å². The number of hydrogen-bond acceptors (Lipinski definition) is 5. The van der Waals surface area contributed by atoms with Gasteiger partial charge in [0.25, 0.3) is 5.91 Å². The van der Waals surface area contributed by atoms with E-state index in [1.165, 1.54) is 5.56 Å². The molecule has 4 heterocycles. The number of amides is 1. The summed E-state index contributed by atoms with van der Waals surface area (Å²) in [6.07, 6.45) is 2.64. The van der Waals surface area contributed by atoms with Gasteiger partial charge >= 0.3 is 0 Å². The number of likely N-dealkylation sites (tertiary alicyclic amines) is 1. The van der Waals surface area contributed by atoms with Crippen LogP contribution in [0.5, 0.6) is 0 Å². The minimum absolute atomic E-state index is 0.0520. The van der Waals surface area contributed by atoms with Gasteiger partial charge in [-0.05, 0) is 42.3 Å². The Hall–Kier alpha value is -4.26. The third-order valence-corrected chi connectivity index (χ3v) is 6.52. The van der Waals surface area contributed by atoms with Crippen LogP contribution in [0, 0.1) is 0 Å². The number of benzene rings is 2. The zero-order valence-electron chi connectivity index (χ0n) is 18.6. The van der Waals surface area contributed by atoms with Crippen LogP contribution in [-0.2, 0) is 6.54 Å². The monoisotopic (exact) mass is 448 g/mol. The van der Waals surface area contributed by atoms with E-state index in [2.05, 4.69) is 44.8 Å². The first-order valence-corrected chi connectivity index (χ1v) is 11.5. The van der Waals surface area contributed by atoms with E-state index < -0.39 is 0 Å². The molecule has 0 radical (unpaired) electrons. The number of carbonyl (C=O) groups excluding carboxylic acids is 1. The Morgan fingerprint density at radius 1 is 1.00 bits per heavy atom. The molecule has 5 aromatic rings. The number of aromatic nitrogens is 4. The predicted octanol–water partition coefficient (Wildman–Crippen LogP) is 4.75. The maximum Gasteiger partial charge on any atom is 0.254 e. The summed E-state index contributed by atoms with van der Waals surface area (Å²) in [5.41, 5.74) is 4.49. The summed E-state index contributed by atoms with van der Waals surface area (Å²) >= 11 is 0. The molecule has 0 aliphatic carbocycles. The van der Waals surface area contributed by atoms with Crippen LogP contribution in [0.15, 0.2) is 79.0 Å². The van der Waals surface area contributed by atoms with Crippen molar-refractivity contribution >= 4 is 33.7 Å². The zero-order chi connectivity index (χ0) is 22.9. The molecule has 0 unspecified atom stereocenters. The first kappa shape index (κ1) is 20.4. The number of pyridine rings is 2. The van der Waals surface area contributed by atoms with Gasteiger partial charge in [-0.1, -0.05) is 42.5 Å². The van der Waals surface area contributed by atoms with Gasteiger partial charge in [0, 0.05) is 48.4 Å². The lowest BCUT2D eigenvalue weighted by atomic mass is 10.0. The largest absolute Gasteiger partial charge is 0.364 e. The second kappa shape index (κ2) is 8.59. The fourth-order valence-corrected chi connectivity index (χ4v) is 4.71. The number of anilines is 1. The van der Waals surface area contributed by atoms with Crippen LogP contribution in [0.3, 0.4) is 0 Å². The van der Waals surface area contributed by atoms with Crippen LogP contribution in [0.2, 0.25) is 0 Å². The van der Waals surface area contributed by atoms with Gasteiger partial charge in [0.15, 0.2) is 11.5 Å². The molecule has 7 nitrogen and oxygen atoms in total. The van der Waals surface area contributed by atoms with Gasteiger partial charge in [0.05, 0.1) is 10.9 Å². The van der Waals surface area contributed by atoms with Crippen LogP contribution in [0.4, 0.5) is 5.82 Å². The van der Waals surface area contributed by atoms with E-state index in [4.69, 9.17) is 4.98 Å². The lowest BCUT2D eigenvalue weighted by Crippen LogP contribution is -2.28. The Morgan fingerprint density at radius 2 is 1.91 bits per heavy atom. The summed E-state index contributed by atoms with van der Waals surface area (Å²) in [6.45, 7) is 2.07. The average Bonchev–Trinajstić information content (AvgIpc) is 3.55. The summed E-state index contributed by atoms with van der Waals surface area (Å²) < 4.78 is 0. The van der Waals surface area contributed by atoms with Crippen molar-refractivity contribution in [3.8, 4) is 0 Å². The normalized spacial score (nSPS) is 15.8. The molecular weight excluding hydrogens is 424 g/mol. The van der Waals surface area contributed by atoms with Gasteiger partial charge in [0.2, 0.25) is 0 Å². The number of hydrogen-bond donors (Lipinski definition) is 2. The molecule has 2 aromatic carbocycles. The molecule has 1 atom stereocenters. The highest BCUT2D eigenvalue weighted by Crippen LogP contribution is 2.30. The molecule has 1 aliphatic heterocycles. The van der Waals surface area contributed by atoms with Crippen LogP contribution < -0.4 is 5.32 Å². The predicted molar refractivity (Wildman–Crippen MR) is 133 cm³/mol. The lowest BCUT2D eigenvalue weighted by Gasteiger charge is -2.17. The fraction of sp³-hybridized carbons (Fsp3) is 0.185. The molecule has 34 heavy (non-hydrogen) atoms. The van der Waals surface area contributed by atoms with Crippen molar-refractivity contribution in [1.82, 2.24) is 25.1 Å². The Labute approximate surface area is 196 Å². The Morgan fingerprint density at radius 3 is 2.82 bits per heavy atom. The highest BCUT2D eigenvalue weighted by Gasteiger charge is 2.30. The first-order valence-electron chi connectivity index (χ1n) is 11.5. The van der Waals surface area contributed by atoms with E-state index in [0.717, 1.165) is 39.9 Å². The third kappa shape index (κ3) is 3.75. The van der Waals surface area contributed by atoms with Crippen molar-refractivity contribution in [2.24, 2.45) is 0 Å². The molecule has 0 spiro atoms.